The topological polar surface area (TPSA) is 80.2 Å². The second-order valence-electron chi connectivity index (χ2n) is 15.3. The first-order valence-corrected chi connectivity index (χ1v) is 16.6. The van der Waals surface area contributed by atoms with E-state index in [1.165, 1.54) is 30.4 Å². The van der Waals surface area contributed by atoms with E-state index in [1.807, 2.05) is 0 Å². The van der Waals surface area contributed by atoms with Crippen molar-refractivity contribution in [1.29, 1.82) is 0 Å². The van der Waals surface area contributed by atoms with Gasteiger partial charge in [-0.2, -0.15) is 0 Å². The Labute approximate surface area is 252 Å². The molecule has 1 aliphatic heterocycles. The number of oxime groups is 1. The van der Waals surface area contributed by atoms with Crippen molar-refractivity contribution in [3.63, 3.8) is 0 Å². The molecule has 6 rings (SSSR count). The largest absolute Gasteiger partial charge is 0.393 e. The number of amides is 1. The number of fused-ring (bicyclic) bond motifs is 5. The molecule has 1 amide bonds. The van der Waals surface area contributed by atoms with Gasteiger partial charge in [-0.15, -0.1) is 0 Å². The number of aliphatic hydroxyl groups is 1. The third kappa shape index (κ3) is 5.47. The number of allylic oxidation sites excluding steroid dienone is 2. The third-order valence-corrected chi connectivity index (χ3v) is 12.5. The number of nitrogens with zero attached hydrogens (tertiary/aromatic N) is 1. The Hall–Kier alpha value is -2.18. The molecule has 0 spiro atoms. The number of benzene rings is 1. The zero-order chi connectivity index (χ0) is 29.6. The van der Waals surface area contributed by atoms with E-state index in [0.717, 1.165) is 69.6 Å². The van der Waals surface area contributed by atoms with Crippen LogP contribution in [0.1, 0.15) is 104 Å². The van der Waals surface area contributed by atoms with Crippen molar-refractivity contribution >= 4 is 11.6 Å². The van der Waals surface area contributed by atoms with Crippen molar-refractivity contribution in [2.24, 2.45) is 33.7 Å². The van der Waals surface area contributed by atoms with E-state index >= 15 is 0 Å². The number of nitrogens with one attached hydrogen (secondary N) is 1. The fourth-order valence-electron chi connectivity index (χ4n) is 10.2. The average Bonchev–Trinajstić information content (AvgIpc) is 3.27. The second-order valence-corrected chi connectivity index (χ2v) is 15.3. The summed E-state index contributed by atoms with van der Waals surface area (Å²) in [5.74, 6) is 1.98. The summed E-state index contributed by atoms with van der Waals surface area (Å²) in [6.07, 6.45) is 13.8. The highest BCUT2D eigenvalue weighted by Gasteiger charge is 2.58. The van der Waals surface area contributed by atoms with Gasteiger partial charge < -0.3 is 20.0 Å². The van der Waals surface area contributed by atoms with E-state index in [0.29, 0.717) is 18.4 Å². The number of rotatable bonds is 7. The molecule has 1 aromatic rings. The quantitative estimate of drug-likeness (QED) is 0.353. The Balaban J connectivity index is 1.02. The number of aliphatic hydroxyl groups excluding tert-OH is 1. The van der Waals surface area contributed by atoms with Gasteiger partial charge in [0.05, 0.1) is 17.4 Å². The minimum atomic E-state index is -0.183. The number of carbonyl (C=O) groups is 1. The lowest BCUT2D eigenvalue weighted by Crippen LogP contribution is -2.51. The van der Waals surface area contributed by atoms with Gasteiger partial charge in [0.15, 0.2) is 6.61 Å². The van der Waals surface area contributed by atoms with Gasteiger partial charge in [0.1, 0.15) is 0 Å². The molecule has 230 valence electrons. The monoisotopic (exact) mass is 576 g/mol. The molecule has 6 nitrogen and oxygen atoms in total. The van der Waals surface area contributed by atoms with E-state index in [9.17, 15) is 9.90 Å². The number of hydrogen-bond donors (Lipinski definition) is 2. The summed E-state index contributed by atoms with van der Waals surface area (Å²) in [5, 5.41) is 18.3. The molecule has 4 fully saturated rings. The van der Waals surface area contributed by atoms with E-state index < -0.39 is 0 Å². The van der Waals surface area contributed by atoms with Crippen LogP contribution in [0.2, 0.25) is 0 Å². The second kappa shape index (κ2) is 11.4. The van der Waals surface area contributed by atoms with Gasteiger partial charge in [-0.3, -0.25) is 4.79 Å². The SMILES string of the molecule is CC1(C)C[C@](CCNC(=O)CON=C2C=C3CC[C@H]4[C@@H](CC[C@]5(C)[C@@H](O)CC[C@@H]45)[C@@]3(C)CC2)(c2ccccc2)CCO1. The molecule has 2 N–H and O–H groups in total. The molecule has 0 aromatic heterocycles. The van der Waals surface area contributed by atoms with Gasteiger partial charge in [0.25, 0.3) is 5.91 Å². The molecule has 1 heterocycles. The predicted octanol–water partition coefficient (Wildman–Crippen LogP) is 6.72. The summed E-state index contributed by atoms with van der Waals surface area (Å²) in [5.41, 5.74) is 3.98. The highest BCUT2D eigenvalue weighted by molar-refractivity contribution is 5.96. The van der Waals surface area contributed by atoms with Gasteiger partial charge in [-0.25, -0.2) is 0 Å². The normalized spacial score (nSPS) is 39.9. The van der Waals surface area contributed by atoms with Crippen LogP contribution >= 0.6 is 0 Å². The minimum Gasteiger partial charge on any atom is -0.393 e. The lowest BCUT2D eigenvalue weighted by Gasteiger charge is -2.57. The number of hydrogen-bond acceptors (Lipinski definition) is 5. The van der Waals surface area contributed by atoms with Gasteiger partial charge in [0.2, 0.25) is 0 Å². The molecule has 42 heavy (non-hydrogen) atoms. The van der Waals surface area contributed by atoms with E-state index in [1.54, 1.807) is 0 Å². The van der Waals surface area contributed by atoms with Crippen molar-refractivity contribution in [2.75, 3.05) is 19.8 Å². The smallest absolute Gasteiger partial charge is 0.260 e. The first-order valence-electron chi connectivity index (χ1n) is 16.6. The maximum atomic E-state index is 12.7. The number of carbonyl (C=O) groups excluding carboxylic acids is 1. The average molecular weight is 577 g/mol. The van der Waals surface area contributed by atoms with Crippen LogP contribution in [0.3, 0.4) is 0 Å². The molecule has 0 bridgehead atoms. The van der Waals surface area contributed by atoms with Crippen molar-refractivity contribution in [1.82, 2.24) is 5.32 Å². The standard InChI is InChI=1S/C36H52N2O4/c1-33(2)24-36(19-21-41-33,25-8-6-5-7-9-25)18-20-37-32(40)23-42-38-27-14-16-34(3)26(22-27)10-11-28-29-12-13-31(39)35(29,4)17-15-30(28)34/h5-9,22,28-31,39H,10-21,23-24H2,1-4H3,(H,37,40)/t28-,29+,30-,31+,34+,35+,36-/m1/s1. The molecule has 3 saturated carbocycles. The van der Waals surface area contributed by atoms with Crippen LogP contribution in [0.4, 0.5) is 0 Å². The lowest BCUT2D eigenvalue weighted by atomic mass is 9.47. The highest BCUT2D eigenvalue weighted by atomic mass is 16.6. The van der Waals surface area contributed by atoms with E-state index in [2.05, 4.69) is 74.6 Å². The maximum absolute atomic E-state index is 12.7. The summed E-state index contributed by atoms with van der Waals surface area (Å²) < 4.78 is 6.03. The Kier molecular flexibility index (Phi) is 8.10. The van der Waals surface area contributed by atoms with Crippen LogP contribution in [-0.4, -0.2) is 48.2 Å². The molecule has 4 aliphatic carbocycles. The summed E-state index contributed by atoms with van der Waals surface area (Å²) in [6.45, 7) is 10.4. The first kappa shape index (κ1) is 29.9. The highest BCUT2D eigenvalue weighted by Crippen LogP contribution is 2.65. The van der Waals surface area contributed by atoms with Crippen LogP contribution < -0.4 is 5.32 Å². The summed E-state index contributed by atoms with van der Waals surface area (Å²) in [4.78, 5) is 18.3. The molecule has 7 atom stereocenters. The van der Waals surface area contributed by atoms with Crippen LogP contribution in [0.5, 0.6) is 0 Å². The van der Waals surface area contributed by atoms with Crippen LogP contribution in [0.15, 0.2) is 47.1 Å². The Morgan fingerprint density at radius 3 is 2.62 bits per heavy atom. The molecular formula is C36H52N2O4. The van der Waals surface area contributed by atoms with E-state index in [4.69, 9.17) is 9.57 Å². The van der Waals surface area contributed by atoms with Crippen molar-refractivity contribution < 1.29 is 19.5 Å². The van der Waals surface area contributed by atoms with Crippen molar-refractivity contribution in [3.05, 3.63) is 47.5 Å². The molecule has 0 radical (unpaired) electrons. The number of ether oxygens (including phenoxy) is 1. The Morgan fingerprint density at radius 2 is 1.83 bits per heavy atom. The van der Waals surface area contributed by atoms with Crippen molar-refractivity contribution in [2.45, 2.75) is 115 Å². The lowest BCUT2D eigenvalue weighted by molar-refractivity contribution is -0.125. The predicted molar refractivity (Wildman–Crippen MR) is 166 cm³/mol. The fourth-order valence-corrected chi connectivity index (χ4v) is 10.2. The third-order valence-electron chi connectivity index (χ3n) is 12.5. The van der Waals surface area contributed by atoms with Gasteiger partial charge >= 0.3 is 0 Å². The summed E-state index contributed by atoms with van der Waals surface area (Å²) >= 11 is 0. The zero-order valence-corrected chi connectivity index (χ0v) is 26.3. The van der Waals surface area contributed by atoms with Gasteiger partial charge in [0, 0.05) is 18.6 Å². The summed E-state index contributed by atoms with van der Waals surface area (Å²) in [7, 11) is 0. The Morgan fingerprint density at radius 1 is 1.02 bits per heavy atom. The molecular weight excluding hydrogens is 524 g/mol. The zero-order valence-electron chi connectivity index (χ0n) is 26.3. The van der Waals surface area contributed by atoms with E-state index in [-0.39, 0.29) is 40.5 Å². The van der Waals surface area contributed by atoms with Gasteiger partial charge in [-0.05, 0) is 125 Å². The van der Waals surface area contributed by atoms with Crippen LogP contribution in [-0.2, 0) is 19.8 Å². The molecule has 0 unspecified atom stereocenters. The molecule has 5 aliphatic rings. The summed E-state index contributed by atoms with van der Waals surface area (Å²) in [6, 6.07) is 10.7. The minimum absolute atomic E-state index is 0.00810. The van der Waals surface area contributed by atoms with Gasteiger partial charge in [-0.1, -0.05) is 54.9 Å². The Bertz CT molecular complexity index is 1210. The van der Waals surface area contributed by atoms with Crippen LogP contribution in [0, 0.1) is 28.6 Å². The first-order chi connectivity index (χ1) is 20.0. The molecule has 1 saturated heterocycles. The van der Waals surface area contributed by atoms with Crippen LogP contribution in [0.25, 0.3) is 0 Å². The maximum Gasteiger partial charge on any atom is 0.260 e. The molecule has 6 heteroatoms. The molecule has 1 aromatic carbocycles. The van der Waals surface area contributed by atoms with Crippen molar-refractivity contribution in [3.8, 4) is 0 Å². The fraction of sp³-hybridized carbons (Fsp3) is 0.722.